The molecule has 0 spiro atoms. The number of fused-ring (bicyclic) bond motifs is 3. The van der Waals surface area contributed by atoms with Crippen LogP contribution < -0.4 is 14.8 Å². The Hall–Kier alpha value is -3.65. The number of carbonyl (C=O) groups excluding carboxylic acids is 2. The van der Waals surface area contributed by atoms with E-state index in [1.807, 2.05) is 18.2 Å². The Labute approximate surface area is 197 Å². The Kier molecular flexibility index (Phi) is 4.91. The summed E-state index contributed by atoms with van der Waals surface area (Å²) in [5, 5.41) is 2.93. The van der Waals surface area contributed by atoms with E-state index in [-0.39, 0.29) is 10.5 Å². The van der Waals surface area contributed by atoms with Gasteiger partial charge in [-0.1, -0.05) is 24.3 Å². The summed E-state index contributed by atoms with van der Waals surface area (Å²) in [4.78, 5) is 25.7. The number of para-hydroxylation sites is 1. The maximum absolute atomic E-state index is 13.7. The second-order valence-corrected chi connectivity index (χ2v) is 10.7. The van der Waals surface area contributed by atoms with Gasteiger partial charge in [-0.3, -0.25) is 9.52 Å². The highest BCUT2D eigenvalue weighted by atomic mass is 32.2. The van der Waals surface area contributed by atoms with Crippen LogP contribution in [0.1, 0.15) is 45.5 Å². The Balaban J connectivity index is 1.35. The summed E-state index contributed by atoms with van der Waals surface area (Å²) in [5.41, 5.74) is 5.93. The van der Waals surface area contributed by atoms with Crippen LogP contribution in [0.5, 0.6) is 11.5 Å². The monoisotopic (exact) mass is 473 g/mol. The lowest BCUT2D eigenvalue weighted by Gasteiger charge is -2.15. The molecular formula is C26H23N3O4S. The fourth-order valence-electron chi connectivity index (χ4n) is 5.13. The minimum absolute atomic E-state index is 0.157. The SMILES string of the molecule is O=C(N=S1(=O)NC(=O)c2ccc(Oc3ccccc3)cc21)Nc1c2c(cc3c1CCC3)CCC2. The first-order valence-electron chi connectivity index (χ1n) is 11.4. The number of rotatable bonds is 3. The summed E-state index contributed by atoms with van der Waals surface area (Å²) in [6.45, 7) is 0. The van der Waals surface area contributed by atoms with Gasteiger partial charge in [-0.2, -0.15) is 0 Å². The highest BCUT2D eigenvalue weighted by Crippen LogP contribution is 2.39. The van der Waals surface area contributed by atoms with Crippen LogP contribution in [0, 0.1) is 0 Å². The minimum Gasteiger partial charge on any atom is -0.457 e. The predicted octanol–water partition coefficient (Wildman–Crippen LogP) is 5.17. The fourth-order valence-corrected chi connectivity index (χ4v) is 6.76. The molecule has 1 aliphatic heterocycles. The molecule has 1 unspecified atom stereocenters. The number of urea groups is 1. The van der Waals surface area contributed by atoms with Crippen LogP contribution in [0.25, 0.3) is 0 Å². The minimum atomic E-state index is -3.49. The van der Waals surface area contributed by atoms with Crippen LogP contribution >= 0.6 is 0 Å². The lowest BCUT2D eigenvalue weighted by Crippen LogP contribution is -2.23. The van der Waals surface area contributed by atoms with Crippen LogP contribution in [0.3, 0.4) is 0 Å². The molecule has 172 valence electrons. The van der Waals surface area contributed by atoms with Crippen molar-refractivity contribution in [3.8, 4) is 11.5 Å². The first kappa shape index (κ1) is 20.9. The lowest BCUT2D eigenvalue weighted by atomic mass is 9.99. The van der Waals surface area contributed by atoms with E-state index in [1.54, 1.807) is 24.3 Å². The number of nitrogens with zero attached hydrogens (tertiary/aromatic N) is 1. The van der Waals surface area contributed by atoms with Gasteiger partial charge in [-0.25, -0.2) is 9.00 Å². The van der Waals surface area contributed by atoms with E-state index in [2.05, 4.69) is 20.5 Å². The molecule has 2 aliphatic carbocycles. The maximum atomic E-state index is 13.7. The molecule has 1 heterocycles. The van der Waals surface area contributed by atoms with Gasteiger partial charge in [-0.15, -0.1) is 4.36 Å². The number of hydrogen-bond acceptors (Lipinski definition) is 4. The van der Waals surface area contributed by atoms with Crippen LogP contribution in [-0.2, 0) is 35.6 Å². The van der Waals surface area contributed by atoms with E-state index in [4.69, 9.17) is 4.74 Å². The number of nitrogens with one attached hydrogen (secondary N) is 2. The number of anilines is 1. The molecule has 8 heteroatoms. The average molecular weight is 474 g/mol. The summed E-state index contributed by atoms with van der Waals surface area (Å²) in [6, 6.07) is 15.4. The van der Waals surface area contributed by atoms with E-state index < -0.39 is 21.9 Å². The van der Waals surface area contributed by atoms with Crippen molar-refractivity contribution in [2.45, 2.75) is 43.4 Å². The maximum Gasteiger partial charge on any atom is 0.355 e. The molecule has 0 bridgehead atoms. The standard InChI is InChI=1S/C26H23N3O4S/c30-25-22-13-12-19(33-18-8-2-1-3-9-18)15-23(22)34(32,28-25)29-26(31)27-24-20-10-4-6-16(20)14-17-7-5-11-21(17)24/h1-3,8-9,12-15H,4-7,10-11H2,(H2,27,28,29,30,31,32). The van der Waals surface area contributed by atoms with E-state index in [0.717, 1.165) is 55.3 Å². The molecule has 0 fully saturated rings. The van der Waals surface area contributed by atoms with E-state index in [1.165, 1.54) is 17.2 Å². The number of aryl methyl sites for hydroxylation is 2. The molecule has 7 nitrogen and oxygen atoms in total. The van der Waals surface area contributed by atoms with Gasteiger partial charge >= 0.3 is 6.03 Å². The third-order valence-corrected chi connectivity index (χ3v) is 8.44. The second-order valence-electron chi connectivity index (χ2n) is 8.79. The molecule has 1 atom stereocenters. The van der Waals surface area contributed by atoms with Crippen molar-refractivity contribution in [3.05, 3.63) is 82.4 Å². The van der Waals surface area contributed by atoms with E-state index in [0.29, 0.717) is 11.5 Å². The number of hydrogen-bond donors (Lipinski definition) is 2. The number of amides is 3. The van der Waals surface area contributed by atoms with Gasteiger partial charge in [0.2, 0.25) is 0 Å². The molecular weight excluding hydrogens is 450 g/mol. The summed E-state index contributed by atoms with van der Waals surface area (Å²) < 4.78 is 25.9. The molecule has 0 saturated heterocycles. The van der Waals surface area contributed by atoms with E-state index in [9.17, 15) is 13.8 Å². The number of benzene rings is 3. The predicted molar refractivity (Wildman–Crippen MR) is 129 cm³/mol. The number of ether oxygens (including phenoxy) is 1. The third-order valence-electron chi connectivity index (χ3n) is 6.62. The highest BCUT2D eigenvalue weighted by Gasteiger charge is 2.33. The molecule has 3 aromatic carbocycles. The molecule has 3 amide bonds. The Bertz CT molecular complexity index is 1440. The van der Waals surface area contributed by atoms with Gasteiger partial charge in [0.15, 0.2) is 9.92 Å². The van der Waals surface area contributed by atoms with Crippen LogP contribution in [-0.4, -0.2) is 16.1 Å². The van der Waals surface area contributed by atoms with E-state index >= 15 is 0 Å². The molecule has 3 aromatic rings. The van der Waals surface area contributed by atoms with Crippen molar-refractivity contribution < 1.29 is 18.5 Å². The Morgan fingerprint density at radius 1 is 0.912 bits per heavy atom. The largest absolute Gasteiger partial charge is 0.457 e. The van der Waals surface area contributed by atoms with Crippen molar-refractivity contribution in [1.29, 1.82) is 0 Å². The topological polar surface area (TPSA) is 96.9 Å². The van der Waals surface area contributed by atoms with Gasteiger partial charge < -0.3 is 10.1 Å². The van der Waals surface area contributed by atoms with Crippen LogP contribution in [0.4, 0.5) is 10.5 Å². The van der Waals surface area contributed by atoms with Crippen molar-refractivity contribution >= 4 is 27.5 Å². The zero-order valence-corrected chi connectivity index (χ0v) is 19.2. The zero-order valence-electron chi connectivity index (χ0n) is 18.4. The average Bonchev–Trinajstić information content (AvgIpc) is 3.53. The molecule has 34 heavy (non-hydrogen) atoms. The lowest BCUT2D eigenvalue weighted by molar-refractivity contribution is 0.0985. The second kappa shape index (κ2) is 7.99. The van der Waals surface area contributed by atoms with Crippen molar-refractivity contribution in [1.82, 2.24) is 4.72 Å². The van der Waals surface area contributed by atoms with Gasteiger partial charge in [0.05, 0.1) is 10.5 Å². The van der Waals surface area contributed by atoms with Crippen LogP contribution in [0.2, 0.25) is 0 Å². The van der Waals surface area contributed by atoms with Gasteiger partial charge in [0, 0.05) is 11.8 Å². The molecule has 2 N–H and O–H groups in total. The Morgan fingerprint density at radius 2 is 1.62 bits per heavy atom. The summed E-state index contributed by atoms with van der Waals surface area (Å²) >= 11 is 0. The quantitative estimate of drug-likeness (QED) is 0.548. The molecule has 6 rings (SSSR count). The highest BCUT2D eigenvalue weighted by molar-refractivity contribution is 7.93. The molecule has 3 aliphatic rings. The van der Waals surface area contributed by atoms with Gasteiger partial charge in [0.25, 0.3) is 5.91 Å². The Morgan fingerprint density at radius 3 is 2.32 bits per heavy atom. The summed E-state index contributed by atoms with van der Waals surface area (Å²) in [6.07, 6.45) is 5.95. The third kappa shape index (κ3) is 3.54. The molecule has 0 aromatic heterocycles. The van der Waals surface area contributed by atoms with Gasteiger partial charge in [-0.05, 0) is 85.0 Å². The van der Waals surface area contributed by atoms with Gasteiger partial charge in [0.1, 0.15) is 11.5 Å². The molecule has 0 radical (unpaired) electrons. The normalized spacial score (nSPS) is 19.7. The summed E-state index contributed by atoms with van der Waals surface area (Å²) in [5.74, 6) is 0.487. The first-order chi connectivity index (χ1) is 16.5. The van der Waals surface area contributed by atoms with Crippen LogP contribution in [0.15, 0.2) is 63.9 Å². The zero-order chi connectivity index (χ0) is 23.3. The van der Waals surface area contributed by atoms with Crippen molar-refractivity contribution in [2.24, 2.45) is 4.36 Å². The van der Waals surface area contributed by atoms with Crippen molar-refractivity contribution in [2.75, 3.05) is 5.32 Å². The van der Waals surface area contributed by atoms with Crippen molar-refractivity contribution in [3.63, 3.8) is 0 Å². The fraction of sp³-hybridized carbons (Fsp3) is 0.231. The summed E-state index contributed by atoms with van der Waals surface area (Å²) in [7, 11) is -3.49. The number of carbonyl (C=O) groups is 2. The smallest absolute Gasteiger partial charge is 0.355 e. The molecule has 0 saturated carbocycles. The first-order valence-corrected chi connectivity index (χ1v) is 13.0.